The van der Waals surface area contributed by atoms with E-state index in [0.29, 0.717) is 0 Å². The first-order chi connectivity index (χ1) is 21.4. The summed E-state index contributed by atoms with van der Waals surface area (Å²) in [6.07, 6.45) is -1.36. The monoisotopic (exact) mass is 716 g/mol. The van der Waals surface area contributed by atoms with Crippen LogP contribution >= 0.6 is 14.7 Å². The molecule has 0 aliphatic carbocycles. The van der Waals surface area contributed by atoms with Crippen molar-refractivity contribution < 1.29 is 59.6 Å². The van der Waals surface area contributed by atoms with Crippen LogP contribution < -0.4 is 64.8 Å². The van der Waals surface area contributed by atoms with E-state index in [0.717, 1.165) is 0 Å². The van der Waals surface area contributed by atoms with Crippen molar-refractivity contribution in [1.29, 1.82) is 0 Å². The maximum atomic E-state index is 11.5. The van der Waals surface area contributed by atoms with E-state index in [2.05, 4.69) is 29.9 Å². The number of nitrogens with one attached hydrogen (secondary N) is 2. The average molecular weight is 717 g/mol. The maximum absolute atomic E-state index is 11.5. The van der Waals surface area contributed by atoms with Gasteiger partial charge < -0.3 is 74.5 Å². The van der Waals surface area contributed by atoms with E-state index in [4.69, 9.17) is 44.6 Å². The number of anilines is 6. The Morgan fingerprint density at radius 2 is 0.833 bits per heavy atom. The Bertz CT molecular complexity index is 1450. The number of nitrogens with two attached hydrogens (primary N) is 6. The number of rotatable bonds is 8. The van der Waals surface area contributed by atoms with E-state index in [1.54, 1.807) is 36.4 Å². The molecule has 24 heteroatoms. The molecule has 4 aromatic rings. The molecule has 264 valence electrons. The highest BCUT2D eigenvalue weighted by Crippen LogP contribution is 2.35. The lowest BCUT2D eigenvalue weighted by Crippen LogP contribution is -2.20. The largest absolute Gasteiger partial charge is 0.796 e. The van der Waals surface area contributed by atoms with Gasteiger partial charge in [-0.15, -0.1) is 0 Å². The van der Waals surface area contributed by atoms with Gasteiger partial charge in [-0.05, 0) is 10.6 Å². The highest BCUT2D eigenvalue weighted by molar-refractivity contribution is 7.65. The van der Waals surface area contributed by atoms with Gasteiger partial charge in [-0.2, -0.15) is 0 Å². The predicted octanol–water partition coefficient (Wildman–Crippen LogP) is -4.72. The third-order valence-electron chi connectivity index (χ3n) is 4.99. The summed E-state index contributed by atoms with van der Waals surface area (Å²) in [4.78, 5) is 62.5. The van der Waals surface area contributed by atoms with Crippen LogP contribution in [0.2, 0.25) is 0 Å². The molecule has 2 aromatic carbocycles. The fourth-order valence-corrected chi connectivity index (χ4v) is 5.71. The summed E-state index contributed by atoms with van der Waals surface area (Å²) in [5.74, 6) is -1.39. The normalized spacial score (nSPS) is 12.0. The number of hydrogen-bond donors (Lipinski definition) is 8. The molecule has 2 atom stereocenters. The van der Waals surface area contributed by atoms with Crippen LogP contribution in [-0.4, -0.2) is 65.4 Å². The maximum Gasteiger partial charge on any atom is 0.320 e. The smallest absolute Gasteiger partial charge is 0.320 e. The number of carboxylic acids is 2. The van der Waals surface area contributed by atoms with E-state index in [1.807, 2.05) is 0 Å². The first-order valence-corrected chi connectivity index (χ1v) is 16.3. The molecule has 4 rings (SSSR count). The van der Waals surface area contributed by atoms with Crippen LogP contribution in [0.25, 0.3) is 0 Å². The van der Waals surface area contributed by atoms with E-state index < -0.39 is 26.7 Å². The standard InChI is InChI=1S/2C9H11O4P.2C3H6N6.2H2O/c2*10-9(11)6-7-14(12,13)8-4-2-1-3-5-8;2*4-1-7-2(5)9-3(6)8-1;;/h2*1-5H,6-7H2,(H,10,11)(H,12,13);2*(H6,4,5,6,7,8,9);2*1H2. The number of aromatic amines is 2. The lowest BCUT2D eigenvalue weighted by molar-refractivity contribution is -0.351. The van der Waals surface area contributed by atoms with Gasteiger partial charge in [0.15, 0.2) is 0 Å². The van der Waals surface area contributed by atoms with Gasteiger partial charge in [-0.3, -0.25) is 9.59 Å². The van der Waals surface area contributed by atoms with E-state index in [1.165, 1.54) is 24.3 Å². The number of carboxylic acid groups (broad SMARTS) is 2. The van der Waals surface area contributed by atoms with Gasteiger partial charge in [0.05, 0.1) is 12.8 Å². The highest BCUT2D eigenvalue weighted by atomic mass is 31.2. The fraction of sp³-hybridized carbons (Fsp3) is 0.167. The molecule has 0 aliphatic heterocycles. The molecular formula is C24H38N12O10P2. The van der Waals surface area contributed by atoms with Crippen LogP contribution in [-0.2, 0) is 18.7 Å². The van der Waals surface area contributed by atoms with Gasteiger partial charge in [0.2, 0.25) is 0 Å². The highest BCUT2D eigenvalue weighted by Gasteiger charge is 2.13. The number of benzene rings is 2. The molecule has 0 radical (unpaired) electrons. The Kier molecular flexibility index (Phi) is 19.8. The van der Waals surface area contributed by atoms with E-state index >= 15 is 0 Å². The Hall–Kier alpha value is -5.50. The van der Waals surface area contributed by atoms with Gasteiger partial charge in [-0.1, -0.05) is 80.6 Å². The quantitative estimate of drug-likeness (QED) is 0.0793. The second kappa shape index (κ2) is 21.3. The van der Waals surface area contributed by atoms with Crippen LogP contribution in [0, 0.1) is 0 Å². The molecule has 0 saturated heterocycles. The first-order valence-electron chi connectivity index (χ1n) is 12.7. The zero-order valence-electron chi connectivity index (χ0n) is 25.1. The number of nitrogens with zero attached hydrogens (tertiary/aromatic N) is 4. The van der Waals surface area contributed by atoms with Crippen molar-refractivity contribution in [2.45, 2.75) is 12.8 Å². The summed E-state index contributed by atoms with van der Waals surface area (Å²) in [6.45, 7) is 0. The Morgan fingerprint density at radius 1 is 0.583 bits per heavy atom. The number of H-pyrrole nitrogens is 2. The minimum atomic E-state index is -3.73. The lowest BCUT2D eigenvalue weighted by Gasteiger charge is -2.22. The minimum Gasteiger partial charge on any atom is -0.796 e. The second-order valence-corrected chi connectivity index (χ2v) is 13.3. The molecule has 2 heterocycles. The first kappa shape index (κ1) is 44.6. The van der Waals surface area contributed by atoms with Crippen molar-refractivity contribution in [2.75, 3.05) is 46.7 Å². The molecule has 0 amide bonds. The Labute approximate surface area is 272 Å². The topological polar surface area (TPSA) is 454 Å². The third kappa shape index (κ3) is 18.5. The zero-order valence-corrected chi connectivity index (χ0v) is 26.9. The average Bonchev–Trinajstić information content (AvgIpc) is 2.96. The van der Waals surface area contributed by atoms with E-state index in [9.17, 15) is 28.5 Å². The van der Waals surface area contributed by atoms with Crippen LogP contribution in [0.1, 0.15) is 12.8 Å². The molecule has 0 bridgehead atoms. The summed E-state index contributed by atoms with van der Waals surface area (Å²) < 4.78 is 23.0. The minimum absolute atomic E-state index is 0. The van der Waals surface area contributed by atoms with Crippen molar-refractivity contribution in [3.05, 3.63) is 60.7 Å². The summed E-state index contributed by atoms with van der Waals surface area (Å²) in [6, 6.07) is 15.7. The van der Waals surface area contributed by atoms with Crippen molar-refractivity contribution in [3.8, 4) is 0 Å². The van der Waals surface area contributed by atoms with Crippen molar-refractivity contribution in [2.24, 2.45) is 0 Å². The molecule has 2 aromatic heterocycles. The fourth-order valence-electron chi connectivity index (χ4n) is 2.97. The van der Waals surface area contributed by atoms with Crippen molar-refractivity contribution >= 4 is 73.0 Å². The molecule has 0 spiro atoms. The number of hydrogen-bond acceptors (Lipinski definition) is 16. The van der Waals surface area contributed by atoms with Gasteiger partial charge in [0.25, 0.3) is 0 Å². The van der Waals surface area contributed by atoms with Crippen molar-refractivity contribution in [1.82, 2.24) is 19.9 Å². The van der Waals surface area contributed by atoms with Crippen LogP contribution in [0.4, 0.5) is 35.7 Å². The van der Waals surface area contributed by atoms with Gasteiger partial charge in [0, 0.05) is 27.1 Å². The molecular weight excluding hydrogens is 678 g/mol. The molecule has 0 fully saturated rings. The van der Waals surface area contributed by atoms with Crippen LogP contribution in [0.5, 0.6) is 0 Å². The molecule has 2 unspecified atom stereocenters. The van der Waals surface area contributed by atoms with Crippen LogP contribution in [0.3, 0.4) is 0 Å². The zero-order chi connectivity index (χ0) is 34.9. The molecule has 20 N–H and O–H groups in total. The number of nitrogen functional groups attached to an aromatic ring is 6. The Morgan fingerprint density at radius 3 is 1.04 bits per heavy atom. The number of aliphatic carboxylic acids is 2. The molecule has 48 heavy (non-hydrogen) atoms. The number of carbonyl (C=O) groups is 2. The Balaban J connectivity index is 0. The summed E-state index contributed by atoms with van der Waals surface area (Å²) in [7, 11) is -7.46. The molecule has 0 aliphatic rings. The molecule has 0 saturated carbocycles. The number of aromatic nitrogens is 6. The SMILES string of the molecule is Nc1nc(N)[nH+]c(N)n1.Nc1nc(N)[nH+]c(N)n1.O.O.O=C(O)CCP(=O)([O-])c1ccccc1.O=C(O)CCP(=O)([O-])c1ccccc1. The van der Waals surface area contributed by atoms with Crippen LogP contribution in [0.15, 0.2) is 60.7 Å². The van der Waals surface area contributed by atoms with Gasteiger partial charge >= 0.3 is 47.6 Å². The summed E-state index contributed by atoms with van der Waals surface area (Å²) in [5.41, 5.74) is 31.1. The van der Waals surface area contributed by atoms with Crippen molar-refractivity contribution in [3.63, 3.8) is 0 Å². The third-order valence-corrected chi connectivity index (χ3v) is 8.79. The van der Waals surface area contributed by atoms with Gasteiger partial charge in [0.1, 0.15) is 0 Å². The summed E-state index contributed by atoms with van der Waals surface area (Å²) in [5, 5.41) is 17.1. The summed E-state index contributed by atoms with van der Waals surface area (Å²) >= 11 is 0. The van der Waals surface area contributed by atoms with Gasteiger partial charge in [-0.25, -0.2) is 9.97 Å². The lowest BCUT2D eigenvalue weighted by atomic mass is 10.4. The van der Waals surface area contributed by atoms with E-state index in [-0.39, 0.29) is 82.4 Å². The second-order valence-electron chi connectivity index (χ2n) is 8.71. The predicted molar refractivity (Wildman–Crippen MR) is 172 cm³/mol. The molecule has 22 nitrogen and oxygen atoms in total.